The largest absolute Gasteiger partial charge is 0.349 e. The summed E-state index contributed by atoms with van der Waals surface area (Å²) in [7, 11) is 1.48. The molecule has 1 rings (SSSR count). The molecule has 100 valence electrons. The number of benzene rings is 1. The number of carbonyl (C=O) groups excluding carboxylic acids is 1. The molecule has 0 spiro atoms. The molecule has 0 aliphatic rings. The predicted molar refractivity (Wildman–Crippen MR) is 71.2 cm³/mol. The first-order valence-corrected chi connectivity index (χ1v) is 6.10. The molecule has 3 heteroatoms. The molecule has 0 heterocycles. The third-order valence-corrected chi connectivity index (χ3v) is 2.69. The summed E-state index contributed by atoms with van der Waals surface area (Å²) in [6.07, 6.45) is -0.998. The van der Waals surface area contributed by atoms with Gasteiger partial charge in [0.15, 0.2) is 5.78 Å². The van der Waals surface area contributed by atoms with Crippen molar-refractivity contribution in [3.63, 3.8) is 0 Å². The zero-order chi connectivity index (χ0) is 13.8. The van der Waals surface area contributed by atoms with Crippen LogP contribution < -0.4 is 0 Å². The van der Waals surface area contributed by atoms with Crippen molar-refractivity contribution in [1.82, 2.24) is 0 Å². The van der Waals surface area contributed by atoms with E-state index in [2.05, 4.69) is 20.8 Å². The SMILES string of the molecule is COC(OC(c1ccccc1)C(C)(C)C)C(C)=O. The molecule has 2 unspecified atom stereocenters. The fraction of sp³-hybridized carbons (Fsp3) is 0.533. The van der Waals surface area contributed by atoms with E-state index in [1.54, 1.807) is 0 Å². The highest BCUT2D eigenvalue weighted by atomic mass is 16.7. The highest BCUT2D eigenvalue weighted by molar-refractivity contribution is 5.79. The van der Waals surface area contributed by atoms with Crippen LogP contribution in [0.2, 0.25) is 0 Å². The molecule has 1 aromatic rings. The number of rotatable bonds is 5. The quantitative estimate of drug-likeness (QED) is 0.752. The number of methoxy groups -OCH3 is 1. The van der Waals surface area contributed by atoms with Crippen molar-refractivity contribution in [2.45, 2.75) is 40.1 Å². The third-order valence-electron chi connectivity index (χ3n) is 2.69. The van der Waals surface area contributed by atoms with Gasteiger partial charge in [0.25, 0.3) is 0 Å². The van der Waals surface area contributed by atoms with E-state index in [0.717, 1.165) is 5.56 Å². The zero-order valence-electron chi connectivity index (χ0n) is 11.8. The van der Waals surface area contributed by atoms with E-state index < -0.39 is 6.29 Å². The van der Waals surface area contributed by atoms with Crippen LogP contribution >= 0.6 is 0 Å². The van der Waals surface area contributed by atoms with E-state index in [4.69, 9.17) is 9.47 Å². The van der Waals surface area contributed by atoms with Gasteiger partial charge in [-0.15, -0.1) is 0 Å². The first-order chi connectivity index (χ1) is 8.36. The second-order valence-electron chi connectivity index (χ2n) is 5.47. The van der Waals surface area contributed by atoms with Gasteiger partial charge in [-0.25, -0.2) is 0 Å². The Morgan fingerprint density at radius 3 is 2.11 bits per heavy atom. The fourth-order valence-corrected chi connectivity index (χ4v) is 1.85. The lowest BCUT2D eigenvalue weighted by Crippen LogP contribution is -2.31. The molecule has 0 N–H and O–H groups in total. The Hall–Kier alpha value is -1.19. The van der Waals surface area contributed by atoms with Crippen molar-refractivity contribution in [2.75, 3.05) is 7.11 Å². The van der Waals surface area contributed by atoms with Crippen molar-refractivity contribution in [2.24, 2.45) is 5.41 Å². The molecule has 0 aromatic heterocycles. The van der Waals surface area contributed by atoms with Gasteiger partial charge in [0.1, 0.15) is 0 Å². The van der Waals surface area contributed by atoms with E-state index >= 15 is 0 Å². The van der Waals surface area contributed by atoms with E-state index in [9.17, 15) is 4.79 Å². The van der Waals surface area contributed by atoms with Gasteiger partial charge >= 0.3 is 0 Å². The van der Waals surface area contributed by atoms with E-state index in [1.807, 2.05) is 30.3 Å². The number of ketones is 1. The molecule has 0 radical (unpaired) electrons. The minimum atomic E-state index is -0.811. The summed E-state index contributed by atoms with van der Waals surface area (Å²) < 4.78 is 10.9. The molecular formula is C15H22O3. The average Bonchev–Trinajstić information content (AvgIpc) is 2.29. The second-order valence-corrected chi connectivity index (χ2v) is 5.47. The fourth-order valence-electron chi connectivity index (χ4n) is 1.85. The maximum Gasteiger partial charge on any atom is 0.217 e. The van der Waals surface area contributed by atoms with Crippen LogP contribution in [0.3, 0.4) is 0 Å². The predicted octanol–water partition coefficient (Wildman–Crippen LogP) is 3.35. The van der Waals surface area contributed by atoms with Crippen molar-refractivity contribution in [3.05, 3.63) is 35.9 Å². The van der Waals surface area contributed by atoms with E-state index in [-0.39, 0.29) is 17.3 Å². The van der Waals surface area contributed by atoms with Crippen LogP contribution in [0.5, 0.6) is 0 Å². The highest BCUT2D eigenvalue weighted by Gasteiger charge is 2.31. The zero-order valence-corrected chi connectivity index (χ0v) is 11.8. The minimum absolute atomic E-state index is 0.117. The Labute approximate surface area is 109 Å². The molecule has 0 saturated carbocycles. The lowest BCUT2D eigenvalue weighted by molar-refractivity contribution is -0.188. The summed E-state index contributed by atoms with van der Waals surface area (Å²) in [4.78, 5) is 11.4. The smallest absolute Gasteiger partial charge is 0.217 e. The summed E-state index contributed by atoms with van der Waals surface area (Å²) in [6, 6.07) is 9.90. The van der Waals surface area contributed by atoms with Crippen LogP contribution in [0.4, 0.5) is 0 Å². The Balaban J connectivity index is 2.97. The van der Waals surface area contributed by atoms with Crippen molar-refractivity contribution in [3.8, 4) is 0 Å². The molecular weight excluding hydrogens is 228 g/mol. The molecule has 0 saturated heterocycles. The molecule has 0 amide bonds. The molecule has 0 aliphatic heterocycles. The number of hydrogen-bond donors (Lipinski definition) is 0. The van der Waals surface area contributed by atoms with E-state index in [0.29, 0.717) is 0 Å². The Kier molecular flexibility index (Phi) is 5.05. The number of carbonyl (C=O) groups is 1. The average molecular weight is 250 g/mol. The summed E-state index contributed by atoms with van der Waals surface area (Å²) >= 11 is 0. The van der Waals surface area contributed by atoms with Gasteiger partial charge in [0.2, 0.25) is 6.29 Å². The molecule has 2 atom stereocenters. The van der Waals surface area contributed by atoms with Gasteiger partial charge in [0, 0.05) is 7.11 Å². The Morgan fingerprint density at radius 1 is 1.17 bits per heavy atom. The summed E-state index contributed by atoms with van der Waals surface area (Å²) in [6.45, 7) is 7.71. The lowest BCUT2D eigenvalue weighted by atomic mass is 9.84. The summed E-state index contributed by atoms with van der Waals surface area (Å²) in [5.41, 5.74) is 0.932. The van der Waals surface area contributed by atoms with Crippen LogP contribution in [0.1, 0.15) is 39.4 Å². The van der Waals surface area contributed by atoms with Gasteiger partial charge < -0.3 is 9.47 Å². The molecule has 0 fully saturated rings. The Morgan fingerprint density at radius 2 is 1.72 bits per heavy atom. The van der Waals surface area contributed by atoms with Crippen LogP contribution in [-0.4, -0.2) is 19.2 Å². The Bertz CT molecular complexity index is 378. The lowest BCUT2D eigenvalue weighted by Gasteiger charge is -2.33. The van der Waals surface area contributed by atoms with Crippen molar-refractivity contribution >= 4 is 5.78 Å². The van der Waals surface area contributed by atoms with Crippen LogP contribution in [0.25, 0.3) is 0 Å². The summed E-state index contributed by atoms with van der Waals surface area (Å²) in [5.74, 6) is -0.123. The van der Waals surface area contributed by atoms with Gasteiger partial charge in [-0.05, 0) is 17.9 Å². The minimum Gasteiger partial charge on any atom is -0.349 e. The third kappa shape index (κ3) is 3.93. The second kappa shape index (κ2) is 6.12. The molecule has 0 aliphatic carbocycles. The van der Waals surface area contributed by atoms with Gasteiger partial charge in [0.05, 0.1) is 6.10 Å². The molecule has 0 bridgehead atoms. The van der Waals surface area contributed by atoms with Gasteiger partial charge in [-0.1, -0.05) is 51.1 Å². The van der Waals surface area contributed by atoms with E-state index in [1.165, 1.54) is 14.0 Å². The van der Waals surface area contributed by atoms with Crippen molar-refractivity contribution in [1.29, 1.82) is 0 Å². The monoisotopic (exact) mass is 250 g/mol. The number of ether oxygens (including phenoxy) is 2. The summed E-state index contributed by atoms with van der Waals surface area (Å²) in [5, 5.41) is 0. The first-order valence-electron chi connectivity index (χ1n) is 6.10. The van der Waals surface area contributed by atoms with Crippen LogP contribution in [0, 0.1) is 5.41 Å². The maximum absolute atomic E-state index is 11.4. The maximum atomic E-state index is 11.4. The number of hydrogen-bond acceptors (Lipinski definition) is 3. The van der Waals surface area contributed by atoms with Gasteiger partial charge in [-0.3, -0.25) is 4.79 Å². The topological polar surface area (TPSA) is 35.5 Å². The van der Waals surface area contributed by atoms with Crippen LogP contribution in [-0.2, 0) is 14.3 Å². The first kappa shape index (κ1) is 14.9. The molecule has 18 heavy (non-hydrogen) atoms. The van der Waals surface area contributed by atoms with Gasteiger partial charge in [-0.2, -0.15) is 0 Å². The standard InChI is InChI=1S/C15H22O3/c1-11(16)14(17-5)18-13(15(2,3)4)12-9-7-6-8-10-12/h6-10,13-14H,1-5H3. The number of Topliss-reactive ketones (excluding diaryl/α,β-unsaturated/α-hetero) is 1. The van der Waals surface area contributed by atoms with Crippen LogP contribution in [0.15, 0.2) is 30.3 Å². The molecule has 3 nitrogen and oxygen atoms in total. The molecule has 1 aromatic carbocycles. The normalized spacial score (nSPS) is 15.2. The highest BCUT2D eigenvalue weighted by Crippen LogP contribution is 2.36. The van der Waals surface area contributed by atoms with Crippen molar-refractivity contribution < 1.29 is 14.3 Å².